The molecule has 464 valence electrons. The molecule has 89 heavy (non-hydrogen) atoms. The summed E-state index contributed by atoms with van der Waals surface area (Å²) in [6.07, 6.45) is -7.74. The summed E-state index contributed by atoms with van der Waals surface area (Å²) < 4.78 is 97.9. The first kappa shape index (κ1) is 63.4. The van der Waals surface area contributed by atoms with Gasteiger partial charge in [-0.15, -0.1) is 0 Å². The predicted molar refractivity (Wildman–Crippen MR) is 335 cm³/mol. The van der Waals surface area contributed by atoms with E-state index in [1.165, 1.54) is 0 Å². The smallest absolute Gasteiger partial charge is 0.187 e. The molecule has 0 radical (unpaired) electrons. The molecule has 0 saturated carbocycles. The van der Waals surface area contributed by atoms with Gasteiger partial charge in [-0.25, -0.2) is 0 Å². The summed E-state index contributed by atoms with van der Waals surface area (Å²) in [6.45, 7) is 2.38. The minimum atomic E-state index is -1.15. The van der Waals surface area contributed by atoms with E-state index in [9.17, 15) is 0 Å². The van der Waals surface area contributed by atoms with Gasteiger partial charge in [-0.05, 0) is 50.6 Å². The van der Waals surface area contributed by atoms with Crippen molar-refractivity contribution in [2.45, 2.75) is 133 Å². The normalized spacial score (nSPS) is 25.1. The largest absolute Gasteiger partial charge is 0.493 e. The van der Waals surface area contributed by atoms with Crippen LogP contribution < -0.4 is 0 Å². The molecule has 14 nitrogen and oxygen atoms in total. The van der Waals surface area contributed by atoms with Gasteiger partial charge in [0, 0.05) is 7.11 Å². The Bertz CT molecular complexity index is 3230. The molecule has 0 N–H and O–H groups in total. The highest BCUT2D eigenvalue weighted by Gasteiger charge is 2.55. The molecule has 3 aliphatic rings. The van der Waals surface area contributed by atoms with Crippen molar-refractivity contribution in [3.63, 3.8) is 0 Å². The minimum Gasteiger partial charge on any atom is -0.493 e. The second-order valence-corrected chi connectivity index (χ2v) is 22.3. The average molecular weight is 1210 g/mol. The fraction of sp³-hybridized carbons (Fsp3) is 0.333. The van der Waals surface area contributed by atoms with Gasteiger partial charge >= 0.3 is 0 Å². The number of methoxy groups -OCH3 is 1. The first-order valence-corrected chi connectivity index (χ1v) is 30.7. The van der Waals surface area contributed by atoms with Gasteiger partial charge in [0.15, 0.2) is 18.7 Å². The molecule has 13 atom stereocenters. The molecular weight excluding hydrogens is 1120 g/mol. The summed E-state index contributed by atoms with van der Waals surface area (Å²) in [6, 6.07) is 80.2. The van der Waals surface area contributed by atoms with Crippen LogP contribution in [-0.4, -0.2) is 107 Å². The van der Waals surface area contributed by atoms with Crippen LogP contribution in [-0.2, 0) is 119 Å². The van der Waals surface area contributed by atoms with Crippen molar-refractivity contribution in [2.24, 2.45) is 0 Å². The third-order valence-corrected chi connectivity index (χ3v) is 15.9. The maximum atomic E-state index is 7.65. The summed E-state index contributed by atoms with van der Waals surface area (Å²) >= 11 is 0. The molecule has 11 rings (SSSR count). The monoisotopic (exact) mass is 1200 g/mol. The van der Waals surface area contributed by atoms with E-state index in [1.54, 1.807) is 13.4 Å². The SMILES string of the molecule is CO[C@@H]1C(OCc2ccccc2)[C@H](O[C@H]2C(COCc3ccccc3)O[C@@H](O[C@H]3C(COCc4ccccc4)OC=C[C@H]3OCc3ccccc3)C(OCc3ccccc3)[C@H]2OCc2ccccc2)OC(COCc2ccccc2)[C@@H]1OCc1ccccc1. The molecule has 2 fully saturated rings. The highest BCUT2D eigenvalue weighted by molar-refractivity contribution is 5.20. The molecule has 5 unspecified atom stereocenters. The molecule has 0 aromatic heterocycles. The van der Waals surface area contributed by atoms with Crippen molar-refractivity contribution < 1.29 is 66.3 Å². The fourth-order valence-electron chi connectivity index (χ4n) is 11.2. The molecule has 8 aromatic rings. The summed E-state index contributed by atoms with van der Waals surface area (Å²) in [5.41, 5.74) is 7.78. The molecule has 3 aliphatic heterocycles. The lowest BCUT2D eigenvalue weighted by atomic mass is 9.95. The van der Waals surface area contributed by atoms with Crippen LogP contribution in [0.1, 0.15) is 44.5 Å². The molecule has 0 bridgehead atoms. The topological polar surface area (TPSA) is 129 Å². The second-order valence-electron chi connectivity index (χ2n) is 22.3. The molecule has 0 aliphatic carbocycles. The quantitative estimate of drug-likeness (QED) is 0.0396. The minimum absolute atomic E-state index is 0.0248. The number of hydrogen-bond acceptors (Lipinski definition) is 14. The highest BCUT2D eigenvalue weighted by Crippen LogP contribution is 2.38. The number of rotatable bonds is 32. The van der Waals surface area contributed by atoms with Gasteiger partial charge in [0.25, 0.3) is 0 Å². The number of benzene rings is 8. The lowest BCUT2D eigenvalue weighted by molar-refractivity contribution is -0.383. The zero-order chi connectivity index (χ0) is 60.5. The van der Waals surface area contributed by atoms with E-state index in [0.29, 0.717) is 19.8 Å². The lowest BCUT2D eigenvalue weighted by Crippen LogP contribution is -2.67. The maximum Gasteiger partial charge on any atom is 0.187 e. The first-order chi connectivity index (χ1) is 44.1. The van der Waals surface area contributed by atoms with Gasteiger partial charge < -0.3 is 66.3 Å². The Balaban J connectivity index is 0.983. The Morgan fingerprint density at radius 1 is 0.281 bits per heavy atom. The van der Waals surface area contributed by atoms with Crippen LogP contribution in [0, 0.1) is 0 Å². The zero-order valence-corrected chi connectivity index (χ0v) is 50.2. The van der Waals surface area contributed by atoms with Crippen molar-refractivity contribution in [3.05, 3.63) is 300 Å². The highest BCUT2D eigenvalue weighted by atomic mass is 16.8. The van der Waals surface area contributed by atoms with Gasteiger partial charge in [-0.2, -0.15) is 0 Å². The van der Waals surface area contributed by atoms with Crippen LogP contribution in [0.25, 0.3) is 0 Å². The van der Waals surface area contributed by atoms with Crippen molar-refractivity contribution in [1.82, 2.24) is 0 Å². The first-order valence-electron chi connectivity index (χ1n) is 30.7. The van der Waals surface area contributed by atoms with Crippen molar-refractivity contribution >= 4 is 0 Å². The molecule has 14 heteroatoms. The van der Waals surface area contributed by atoms with E-state index >= 15 is 0 Å². The van der Waals surface area contributed by atoms with Crippen LogP contribution in [0.2, 0.25) is 0 Å². The number of ether oxygens (including phenoxy) is 14. The maximum absolute atomic E-state index is 7.65. The molecule has 8 aromatic carbocycles. The molecule has 0 amide bonds. The molecule has 2 saturated heterocycles. The Labute approximate surface area is 523 Å². The van der Waals surface area contributed by atoms with E-state index in [0.717, 1.165) is 44.5 Å². The summed E-state index contributed by atoms with van der Waals surface area (Å²) in [4.78, 5) is 0. The molecule has 3 heterocycles. The van der Waals surface area contributed by atoms with Gasteiger partial charge in [0.2, 0.25) is 0 Å². The van der Waals surface area contributed by atoms with Crippen LogP contribution in [0.4, 0.5) is 0 Å². The predicted octanol–water partition coefficient (Wildman–Crippen LogP) is 12.7. The van der Waals surface area contributed by atoms with E-state index in [4.69, 9.17) is 66.3 Å². The Hall–Kier alpha value is -7.22. The van der Waals surface area contributed by atoms with Crippen LogP contribution >= 0.6 is 0 Å². The van der Waals surface area contributed by atoms with Crippen molar-refractivity contribution in [2.75, 3.05) is 26.9 Å². The Kier molecular flexibility index (Phi) is 24.3. The lowest BCUT2D eigenvalue weighted by Gasteiger charge is -2.50. The molecular formula is C75H80O14. The van der Waals surface area contributed by atoms with Crippen LogP contribution in [0.3, 0.4) is 0 Å². The summed E-state index contributed by atoms with van der Waals surface area (Å²) in [7, 11) is 1.67. The average Bonchev–Trinajstić information content (AvgIpc) is 1.89. The molecule has 0 spiro atoms. The fourth-order valence-corrected chi connectivity index (χ4v) is 11.2. The standard InChI is InChI=1S/C75H80O14/c1-76-70-68(82-48-59-34-18-6-19-35-59)65(53-78-45-56-28-12-3-13-29-56)86-74(72(70)84-50-61-38-22-8-23-39-61)89-69-66(54-79-46-57-30-14-4-15-31-57)87-75(73(85-51-62-40-24-9-25-41-62)71(69)83-49-60-36-20-7-21-37-60)88-67-63(81-47-58-32-16-5-17-33-58)42-43-80-64(67)52-77-44-55-26-10-2-11-27-55/h2-43,63-75H,44-54H2,1H3/t63-,64?,65?,66?,67-,68+,69+,70+,71+,72?,73?,74+,75+/m1/s1. The van der Waals surface area contributed by atoms with Crippen molar-refractivity contribution in [3.8, 4) is 0 Å². The third kappa shape index (κ3) is 18.7. The van der Waals surface area contributed by atoms with E-state index in [1.807, 2.05) is 249 Å². The van der Waals surface area contributed by atoms with Crippen LogP contribution in [0.15, 0.2) is 255 Å². The van der Waals surface area contributed by atoms with Gasteiger partial charge in [-0.1, -0.05) is 243 Å². The Morgan fingerprint density at radius 3 is 0.944 bits per heavy atom. The van der Waals surface area contributed by atoms with Gasteiger partial charge in [-0.3, -0.25) is 0 Å². The zero-order valence-electron chi connectivity index (χ0n) is 50.2. The van der Waals surface area contributed by atoms with Gasteiger partial charge in [0.1, 0.15) is 61.0 Å². The van der Waals surface area contributed by atoms with E-state index in [-0.39, 0.29) is 52.9 Å². The van der Waals surface area contributed by atoms with Crippen molar-refractivity contribution in [1.29, 1.82) is 0 Å². The second kappa shape index (κ2) is 34.1. The summed E-state index contributed by atoms with van der Waals surface area (Å²) in [5.74, 6) is 0. The Morgan fingerprint density at radius 2 is 0.573 bits per heavy atom. The van der Waals surface area contributed by atoms with Crippen LogP contribution in [0.5, 0.6) is 0 Å². The number of hydrogen-bond donors (Lipinski definition) is 0. The van der Waals surface area contributed by atoms with Gasteiger partial charge in [0.05, 0.1) is 78.9 Å². The van der Waals surface area contributed by atoms with E-state index < -0.39 is 79.7 Å². The third-order valence-electron chi connectivity index (χ3n) is 15.9. The van der Waals surface area contributed by atoms with E-state index in [2.05, 4.69) is 0 Å². The summed E-state index contributed by atoms with van der Waals surface area (Å²) in [5, 5.41) is 0.